The molecule has 0 fully saturated rings. The normalized spacial score (nSPS) is 8.58. The number of aromatic nitrogens is 6. The van der Waals surface area contributed by atoms with Gasteiger partial charge in [-0.1, -0.05) is 14.9 Å². The molecule has 6 heteroatoms. The van der Waals surface area contributed by atoms with Gasteiger partial charge in [0.15, 0.2) is 0 Å². The average molecular weight is 332 g/mol. The van der Waals surface area contributed by atoms with Crippen molar-refractivity contribution < 1.29 is 0 Å². The summed E-state index contributed by atoms with van der Waals surface area (Å²) >= 11 is 0. The fourth-order valence-corrected chi connectivity index (χ4v) is 1.28. The van der Waals surface area contributed by atoms with Gasteiger partial charge in [-0.25, -0.2) is 9.97 Å². The minimum absolute atomic E-state index is 0. The van der Waals surface area contributed by atoms with Crippen LogP contribution in [0, 0.1) is 41.5 Å². The number of aromatic amines is 2. The molecule has 24 heavy (non-hydrogen) atoms. The van der Waals surface area contributed by atoms with E-state index in [0.717, 1.165) is 22.6 Å². The molecule has 0 atom stereocenters. The molecule has 3 aromatic heterocycles. The lowest BCUT2D eigenvalue weighted by Gasteiger charge is -1.91. The molecular formula is C18H32N6. The highest BCUT2D eigenvalue weighted by Crippen LogP contribution is 1.97. The standard InChI is InChI=1S/C6H8N2.2C5H8N2.2CH4/c1-5-3-7-4-8-6(5)2;2*1-4-3-6-7-5(4)2;;/h3-4H,1-2H3;2*3H,1-2H3,(H,6,7);2*1H4. The summed E-state index contributed by atoms with van der Waals surface area (Å²) in [5.74, 6) is 0. The SMILES string of the molecule is C.C.Cc1cn[nH]c1C.Cc1cn[nH]c1C.Cc1cncnc1C. The van der Waals surface area contributed by atoms with Crippen molar-refractivity contribution in [2.45, 2.75) is 56.4 Å². The van der Waals surface area contributed by atoms with Crippen LogP contribution in [0.3, 0.4) is 0 Å². The Morgan fingerprint density at radius 1 is 0.667 bits per heavy atom. The second-order valence-electron chi connectivity index (χ2n) is 5.15. The van der Waals surface area contributed by atoms with Gasteiger partial charge in [0, 0.05) is 23.3 Å². The fraction of sp³-hybridized carbons (Fsp3) is 0.444. The molecule has 134 valence electrons. The second-order valence-corrected chi connectivity index (χ2v) is 5.15. The van der Waals surface area contributed by atoms with Crippen LogP contribution in [0.5, 0.6) is 0 Å². The Morgan fingerprint density at radius 2 is 1.12 bits per heavy atom. The number of rotatable bonds is 0. The molecule has 3 rings (SSSR count). The Balaban J connectivity index is 0. The fourth-order valence-electron chi connectivity index (χ4n) is 1.28. The van der Waals surface area contributed by atoms with Crippen molar-refractivity contribution in [2.75, 3.05) is 0 Å². The molecule has 3 heterocycles. The van der Waals surface area contributed by atoms with Crippen LogP contribution in [0.4, 0.5) is 0 Å². The zero-order valence-corrected chi connectivity index (χ0v) is 14.1. The minimum Gasteiger partial charge on any atom is -0.283 e. The molecular weight excluding hydrogens is 300 g/mol. The van der Waals surface area contributed by atoms with Gasteiger partial charge in [0.25, 0.3) is 0 Å². The summed E-state index contributed by atoms with van der Waals surface area (Å²) in [6, 6.07) is 0. The molecule has 0 unspecified atom stereocenters. The average Bonchev–Trinajstić information content (AvgIpc) is 3.04. The zero-order chi connectivity index (χ0) is 16.5. The number of nitrogens with zero attached hydrogens (tertiary/aromatic N) is 4. The van der Waals surface area contributed by atoms with Crippen LogP contribution in [0.25, 0.3) is 0 Å². The van der Waals surface area contributed by atoms with Gasteiger partial charge in [-0.3, -0.25) is 10.2 Å². The predicted octanol–water partition coefficient (Wildman–Crippen LogP) is 4.42. The Morgan fingerprint density at radius 3 is 1.29 bits per heavy atom. The van der Waals surface area contributed by atoms with Gasteiger partial charge in [-0.05, 0) is 58.2 Å². The van der Waals surface area contributed by atoms with E-state index in [2.05, 4.69) is 30.4 Å². The van der Waals surface area contributed by atoms with Crippen LogP contribution in [0.1, 0.15) is 48.6 Å². The molecule has 0 saturated carbocycles. The topological polar surface area (TPSA) is 83.1 Å². The zero-order valence-electron chi connectivity index (χ0n) is 14.1. The van der Waals surface area contributed by atoms with E-state index in [-0.39, 0.29) is 14.9 Å². The highest BCUT2D eigenvalue weighted by molar-refractivity contribution is 5.11. The van der Waals surface area contributed by atoms with Gasteiger partial charge in [-0.15, -0.1) is 0 Å². The number of hydrogen-bond acceptors (Lipinski definition) is 4. The van der Waals surface area contributed by atoms with Crippen molar-refractivity contribution in [3.63, 3.8) is 0 Å². The van der Waals surface area contributed by atoms with E-state index in [1.165, 1.54) is 11.1 Å². The Labute approximate surface area is 146 Å². The summed E-state index contributed by atoms with van der Waals surface area (Å²) < 4.78 is 0. The van der Waals surface area contributed by atoms with E-state index in [9.17, 15) is 0 Å². The van der Waals surface area contributed by atoms with E-state index in [0.29, 0.717) is 0 Å². The largest absolute Gasteiger partial charge is 0.283 e. The maximum Gasteiger partial charge on any atom is 0.115 e. The summed E-state index contributed by atoms with van der Waals surface area (Å²) in [6.45, 7) is 12.0. The van der Waals surface area contributed by atoms with Crippen molar-refractivity contribution in [2.24, 2.45) is 0 Å². The summed E-state index contributed by atoms with van der Waals surface area (Å²) in [5.41, 5.74) is 6.95. The predicted molar refractivity (Wildman–Crippen MR) is 101 cm³/mol. The molecule has 0 aliphatic rings. The van der Waals surface area contributed by atoms with Crippen LogP contribution in [-0.2, 0) is 0 Å². The van der Waals surface area contributed by atoms with Crippen LogP contribution in [0.15, 0.2) is 24.9 Å². The lowest BCUT2D eigenvalue weighted by Crippen LogP contribution is -1.85. The van der Waals surface area contributed by atoms with Crippen molar-refractivity contribution >= 4 is 0 Å². The second kappa shape index (κ2) is 12.0. The molecule has 0 aliphatic carbocycles. The van der Waals surface area contributed by atoms with Crippen molar-refractivity contribution in [1.29, 1.82) is 0 Å². The van der Waals surface area contributed by atoms with Crippen molar-refractivity contribution in [1.82, 2.24) is 30.4 Å². The third-order valence-corrected chi connectivity index (χ3v) is 3.32. The van der Waals surface area contributed by atoms with Crippen molar-refractivity contribution in [3.05, 3.63) is 58.7 Å². The molecule has 0 radical (unpaired) electrons. The highest BCUT2D eigenvalue weighted by Gasteiger charge is 1.88. The number of nitrogens with one attached hydrogen (secondary N) is 2. The summed E-state index contributed by atoms with van der Waals surface area (Å²) in [7, 11) is 0. The molecule has 0 spiro atoms. The minimum atomic E-state index is 0. The maximum atomic E-state index is 3.97. The molecule has 0 bridgehead atoms. The molecule has 6 nitrogen and oxygen atoms in total. The third-order valence-electron chi connectivity index (χ3n) is 3.32. The summed E-state index contributed by atoms with van der Waals surface area (Å²) in [6.07, 6.45) is 7.00. The first kappa shape index (κ1) is 23.8. The van der Waals surface area contributed by atoms with Crippen molar-refractivity contribution in [3.8, 4) is 0 Å². The van der Waals surface area contributed by atoms with Gasteiger partial charge in [0.05, 0.1) is 12.4 Å². The van der Waals surface area contributed by atoms with Gasteiger partial charge in [0.2, 0.25) is 0 Å². The van der Waals surface area contributed by atoms with Gasteiger partial charge >= 0.3 is 0 Å². The molecule has 2 N–H and O–H groups in total. The number of aryl methyl sites for hydroxylation is 6. The van der Waals surface area contributed by atoms with Crippen LogP contribution >= 0.6 is 0 Å². The molecule has 0 saturated heterocycles. The first-order valence-electron chi connectivity index (χ1n) is 7.08. The first-order chi connectivity index (χ1) is 10.4. The van der Waals surface area contributed by atoms with Crippen LogP contribution in [-0.4, -0.2) is 30.4 Å². The molecule has 0 aromatic carbocycles. The smallest absolute Gasteiger partial charge is 0.115 e. The van der Waals surface area contributed by atoms with Gasteiger partial charge in [0.1, 0.15) is 6.33 Å². The lowest BCUT2D eigenvalue weighted by molar-refractivity contribution is 1.04. The Hall–Kier alpha value is -2.50. The number of H-pyrrole nitrogens is 2. The number of hydrogen-bond donors (Lipinski definition) is 2. The van der Waals surface area contributed by atoms with Gasteiger partial charge < -0.3 is 0 Å². The van der Waals surface area contributed by atoms with E-state index in [4.69, 9.17) is 0 Å². The maximum absolute atomic E-state index is 3.97. The van der Waals surface area contributed by atoms with Gasteiger partial charge in [-0.2, -0.15) is 10.2 Å². The van der Waals surface area contributed by atoms with E-state index in [1.54, 1.807) is 6.33 Å². The Kier molecular flexibility index (Phi) is 11.9. The van der Waals surface area contributed by atoms with E-state index in [1.807, 2.05) is 60.1 Å². The monoisotopic (exact) mass is 332 g/mol. The quantitative estimate of drug-likeness (QED) is 0.638. The lowest BCUT2D eigenvalue weighted by atomic mass is 10.3. The van der Waals surface area contributed by atoms with E-state index >= 15 is 0 Å². The molecule has 0 amide bonds. The summed E-state index contributed by atoms with van der Waals surface area (Å²) in [5, 5.41) is 13.2. The highest BCUT2D eigenvalue weighted by atomic mass is 15.1. The summed E-state index contributed by atoms with van der Waals surface area (Å²) in [4.78, 5) is 7.80. The molecule has 3 aromatic rings. The third kappa shape index (κ3) is 8.22. The Bertz CT molecular complexity index is 592. The first-order valence-corrected chi connectivity index (χ1v) is 7.08. The molecule has 0 aliphatic heterocycles. The van der Waals surface area contributed by atoms with Crippen LogP contribution in [0.2, 0.25) is 0 Å². The van der Waals surface area contributed by atoms with E-state index < -0.39 is 0 Å². The van der Waals surface area contributed by atoms with Crippen LogP contribution < -0.4 is 0 Å².